The van der Waals surface area contributed by atoms with E-state index < -0.39 is 12.0 Å². The third-order valence-corrected chi connectivity index (χ3v) is 3.56. The van der Waals surface area contributed by atoms with Gasteiger partial charge in [-0.3, -0.25) is 4.79 Å². The van der Waals surface area contributed by atoms with Crippen LogP contribution in [0.3, 0.4) is 0 Å². The van der Waals surface area contributed by atoms with Crippen LogP contribution in [0.25, 0.3) is 0 Å². The molecule has 1 aromatic rings. The molecule has 0 amide bonds. The Morgan fingerprint density at radius 1 is 1.30 bits per heavy atom. The molecule has 130 valence electrons. The molecule has 0 aliphatic heterocycles. The topological polar surface area (TPSA) is 67.8 Å². The highest BCUT2D eigenvalue weighted by Crippen LogP contribution is 2.36. The van der Waals surface area contributed by atoms with Crippen LogP contribution in [-0.4, -0.2) is 30.3 Å². The summed E-state index contributed by atoms with van der Waals surface area (Å²) in [7, 11) is 0. The van der Waals surface area contributed by atoms with Crippen molar-refractivity contribution in [2.45, 2.75) is 46.7 Å². The van der Waals surface area contributed by atoms with Crippen molar-refractivity contribution in [1.82, 2.24) is 5.32 Å². The Balaban J connectivity index is 2.93. The fourth-order valence-corrected chi connectivity index (χ4v) is 2.45. The summed E-state index contributed by atoms with van der Waals surface area (Å²) in [6.45, 7) is 9.10. The molecule has 0 aliphatic rings. The molecule has 0 heterocycles. The van der Waals surface area contributed by atoms with E-state index in [-0.39, 0.29) is 5.92 Å². The highest BCUT2D eigenvalue weighted by Gasteiger charge is 2.21. The number of carboxylic acid groups (broad SMARTS) is 1. The molecule has 0 saturated carbocycles. The lowest BCUT2D eigenvalue weighted by atomic mass is 10.0. The van der Waals surface area contributed by atoms with Crippen LogP contribution < -0.4 is 14.8 Å². The van der Waals surface area contributed by atoms with Crippen molar-refractivity contribution in [2.24, 2.45) is 5.92 Å². The zero-order valence-corrected chi connectivity index (χ0v) is 14.9. The van der Waals surface area contributed by atoms with Gasteiger partial charge >= 0.3 is 5.97 Å². The summed E-state index contributed by atoms with van der Waals surface area (Å²) >= 11 is 6.30. The van der Waals surface area contributed by atoms with E-state index in [1.54, 1.807) is 6.07 Å². The van der Waals surface area contributed by atoms with E-state index >= 15 is 0 Å². The van der Waals surface area contributed by atoms with E-state index in [0.29, 0.717) is 36.3 Å². The number of rotatable bonds is 10. The molecule has 0 aromatic heterocycles. The van der Waals surface area contributed by atoms with Gasteiger partial charge in [0.15, 0.2) is 11.5 Å². The average Bonchev–Trinajstić information content (AvgIpc) is 2.46. The van der Waals surface area contributed by atoms with E-state index in [9.17, 15) is 9.90 Å². The van der Waals surface area contributed by atoms with Crippen molar-refractivity contribution < 1.29 is 19.4 Å². The Kier molecular flexibility index (Phi) is 8.20. The van der Waals surface area contributed by atoms with Gasteiger partial charge in [0.25, 0.3) is 0 Å². The number of benzene rings is 1. The van der Waals surface area contributed by atoms with E-state index in [2.05, 4.69) is 5.32 Å². The highest BCUT2D eigenvalue weighted by molar-refractivity contribution is 6.32. The van der Waals surface area contributed by atoms with E-state index in [0.717, 1.165) is 12.0 Å². The summed E-state index contributed by atoms with van der Waals surface area (Å²) in [5.74, 6) is 0.250. The average molecular weight is 344 g/mol. The second-order valence-corrected chi connectivity index (χ2v) is 6.03. The van der Waals surface area contributed by atoms with Gasteiger partial charge in [-0.1, -0.05) is 32.4 Å². The Morgan fingerprint density at radius 2 is 2.00 bits per heavy atom. The van der Waals surface area contributed by atoms with Crippen LogP contribution >= 0.6 is 11.6 Å². The molecule has 2 N–H and O–H groups in total. The number of ether oxygens (including phenoxy) is 2. The van der Waals surface area contributed by atoms with E-state index in [4.69, 9.17) is 21.1 Å². The number of hydrogen-bond acceptors (Lipinski definition) is 4. The van der Waals surface area contributed by atoms with Crippen molar-refractivity contribution >= 4 is 17.6 Å². The van der Waals surface area contributed by atoms with Crippen molar-refractivity contribution in [3.63, 3.8) is 0 Å². The zero-order chi connectivity index (χ0) is 17.4. The third-order valence-electron chi connectivity index (χ3n) is 3.28. The Labute approximate surface area is 142 Å². The van der Waals surface area contributed by atoms with Gasteiger partial charge in [0.05, 0.1) is 18.2 Å². The third kappa shape index (κ3) is 5.92. The van der Waals surface area contributed by atoms with Crippen molar-refractivity contribution in [3.8, 4) is 11.5 Å². The SMILES string of the molecule is CCCOc1c(Cl)cc(CN[C@H](C(=O)O)C(C)C)cc1OCC. The summed E-state index contributed by atoms with van der Waals surface area (Å²) in [5, 5.41) is 12.7. The summed E-state index contributed by atoms with van der Waals surface area (Å²) in [5.41, 5.74) is 0.856. The monoisotopic (exact) mass is 343 g/mol. The molecule has 0 spiro atoms. The molecule has 6 heteroatoms. The number of carbonyl (C=O) groups is 1. The molecule has 0 aliphatic carbocycles. The first-order valence-electron chi connectivity index (χ1n) is 7.94. The molecule has 1 aromatic carbocycles. The lowest BCUT2D eigenvalue weighted by molar-refractivity contribution is -0.140. The van der Waals surface area contributed by atoms with E-state index in [1.807, 2.05) is 33.8 Å². The summed E-state index contributed by atoms with van der Waals surface area (Å²) in [4.78, 5) is 11.2. The molecule has 23 heavy (non-hydrogen) atoms. The molecule has 0 fully saturated rings. The first kappa shape index (κ1) is 19.6. The van der Waals surface area contributed by atoms with Gasteiger partial charge in [-0.05, 0) is 37.0 Å². The van der Waals surface area contributed by atoms with Crippen LogP contribution in [0.15, 0.2) is 12.1 Å². The molecule has 0 radical (unpaired) electrons. The molecule has 5 nitrogen and oxygen atoms in total. The summed E-state index contributed by atoms with van der Waals surface area (Å²) in [6, 6.07) is 3.01. The van der Waals surface area contributed by atoms with E-state index in [1.165, 1.54) is 0 Å². The number of hydrogen-bond donors (Lipinski definition) is 2. The predicted octanol–water partition coefficient (Wildman–Crippen LogP) is 3.73. The molecular weight excluding hydrogens is 318 g/mol. The zero-order valence-electron chi connectivity index (χ0n) is 14.2. The quantitative estimate of drug-likeness (QED) is 0.677. The largest absolute Gasteiger partial charge is 0.490 e. The molecule has 0 saturated heterocycles. The highest BCUT2D eigenvalue weighted by atomic mass is 35.5. The maximum Gasteiger partial charge on any atom is 0.320 e. The van der Waals surface area contributed by atoms with Gasteiger partial charge in [0, 0.05) is 6.54 Å². The minimum Gasteiger partial charge on any atom is -0.490 e. The lowest BCUT2D eigenvalue weighted by Gasteiger charge is -2.19. The first-order valence-corrected chi connectivity index (χ1v) is 8.32. The first-order chi connectivity index (χ1) is 10.9. The fraction of sp³-hybridized carbons (Fsp3) is 0.588. The van der Waals surface area contributed by atoms with Crippen LogP contribution in [0.5, 0.6) is 11.5 Å². The van der Waals surface area contributed by atoms with Crippen LogP contribution in [0, 0.1) is 5.92 Å². The Hall–Kier alpha value is -1.46. The molecule has 1 rings (SSSR count). The Morgan fingerprint density at radius 3 is 2.52 bits per heavy atom. The summed E-state index contributed by atoms with van der Waals surface area (Å²) < 4.78 is 11.3. The van der Waals surface area contributed by atoms with Gasteiger partial charge in [-0.15, -0.1) is 0 Å². The van der Waals surface area contributed by atoms with Gasteiger partial charge in [-0.2, -0.15) is 0 Å². The smallest absolute Gasteiger partial charge is 0.320 e. The fourth-order valence-electron chi connectivity index (χ4n) is 2.17. The van der Waals surface area contributed by atoms with Crippen LogP contribution in [0.4, 0.5) is 0 Å². The Bertz CT molecular complexity index is 520. The second kappa shape index (κ2) is 9.63. The standard InChI is InChI=1S/C17H26ClNO4/c1-5-7-23-16-13(18)8-12(9-14(16)22-6-2)10-19-15(11(3)4)17(20)21/h8-9,11,15,19H,5-7,10H2,1-4H3,(H,20,21)/t15-/m0/s1. The number of nitrogens with one attached hydrogen (secondary N) is 1. The van der Waals surface area contributed by atoms with Gasteiger partial charge < -0.3 is 19.9 Å². The van der Waals surface area contributed by atoms with Crippen molar-refractivity contribution in [3.05, 3.63) is 22.7 Å². The minimum atomic E-state index is -0.862. The van der Waals surface area contributed by atoms with Crippen LogP contribution in [-0.2, 0) is 11.3 Å². The number of halogens is 1. The molecule has 0 unspecified atom stereocenters. The van der Waals surface area contributed by atoms with Gasteiger partial charge in [0.1, 0.15) is 6.04 Å². The minimum absolute atomic E-state index is 0.0125. The maximum atomic E-state index is 11.2. The van der Waals surface area contributed by atoms with Gasteiger partial charge in [0.2, 0.25) is 0 Å². The number of carboxylic acids is 1. The molecular formula is C17H26ClNO4. The maximum absolute atomic E-state index is 11.2. The van der Waals surface area contributed by atoms with Gasteiger partial charge in [-0.25, -0.2) is 0 Å². The molecule has 0 bridgehead atoms. The predicted molar refractivity (Wildman–Crippen MR) is 91.5 cm³/mol. The van der Waals surface area contributed by atoms with Crippen LogP contribution in [0.2, 0.25) is 5.02 Å². The summed E-state index contributed by atoms with van der Waals surface area (Å²) in [6.07, 6.45) is 0.875. The van der Waals surface area contributed by atoms with Crippen molar-refractivity contribution in [1.29, 1.82) is 0 Å². The lowest BCUT2D eigenvalue weighted by Crippen LogP contribution is -2.40. The number of aliphatic carboxylic acids is 1. The second-order valence-electron chi connectivity index (χ2n) is 5.63. The normalized spacial score (nSPS) is 12.3. The van der Waals surface area contributed by atoms with Crippen molar-refractivity contribution in [2.75, 3.05) is 13.2 Å². The van der Waals surface area contributed by atoms with Crippen LogP contribution in [0.1, 0.15) is 39.7 Å². The molecule has 1 atom stereocenters.